The van der Waals surface area contributed by atoms with E-state index in [9.17, 15) is 9.90 Å². The number of amides is 1. The number of aromatic nitrogens is 2. The number of carbonyl (C=O) groups is 1. The second kappa shape index (κ2) is 6.16. The topological polar surface area (TPSA) is 114 Å². The zero-order valence-corrected chi connectivity index (χ0v) is 11.0. The average Bonchev–Trinajstić information content (AvgIpc) is 2.84. The fourth-order valence-corrected chi connectivity index (χ4v) is 1.68. The van der Waals surface area contributed by atoms with Crippen molar-refractivity contribution >= 4 is 5.91 Å². The summed E-state index contributed by atoms with van der Waals surface area (Å²) in [7, 11) is 0. The van der Waals surface area contributed by atoms with Gasteiger partial charge in [-0.25, -0.2) is 0 Å². The van der Waals surface area contributed by atoms with Crippen molar-refractivity contribution in [1.29, 1.82) is 0 Å². The highest BCUT2D eigenvalue weighted by Gasteiger charge is 2.15. The molecule has 1 amide bonds. The molecule has 1 aromatic heterocycles. The van der Waals surface area contributed by atoms with Crippen LogP contribution >= 0.6 is 0 Å². The van der Waals surface area contributed by atoms with Crippen LogP contribution in [0.25, 0.3) is 0 Å². The third-order valence-electron chi connectivity index (χ3n) is 2.71. The lowest BCUT2D eigenvalue weighted by molar-refractivity contribution is -0.122. The van der Waals surface area contributed by atoms with E-state index in [1.807, 2.05) is 0 Å². The summed E-state index contributed by atoms with van der Waals surface area (Å²) in [5, 5.41) is 15.4. The van der Waals surface area contributed by atoms with Crippen molar-refractivity contribution in [3.8, 4) is 5.75 Å². The molecular formula is C13H16N4O3. The summed E-state index contributed by atoms with van der Waals surface area (Å²) in [6, 6.07) is 5.89. The van der Waals surface area contributed by atoms with Gasteiger partial charge in [-0.15, -0.1) is 0 Å². The van der Waals surface area contributed by atoms with E-state index < -0.39 is 6.04 Å². The molecule has 7 nitrogen and oxygen atoms in total. The molecule has 0 spiro atoms. The molecule has 1 heterocycles. The number of hydrogen-bond acceptors (Lipinski definition) is 6. The van der Waals surface area contributed by atoms with Gasteiger partial charge in [0.05, 0.1) is 12.6 Å². The van der Waals surface area contributed by atoms with Crippen LogP contribution in [-0.4, -0.2) is 27.2 Å². The molecule has 0 aliphatic heterocycles. The van der Waals surface area contributed by atoms with Gasteiger partial charge in [0.1, 0.15) is 5.75 Å². The Morgan fingerprint density at radius 3 is 2.75 bits per heavy atom. The Kier molecular flexibility index (Phi) is 4.31. The molecule has 20 heavy (non-hydrogen) atoms. The number of phenols is 1. The molecule has 0 aliphatic carbocycles. The molecule has 7 heteroatoms. The van der Waals surface area contributed by atoms with Gasteiger partial charge in [-0.05, 0) is 31.0 Å². The highest BCUT2D eigenvalue weighted by Crippen LogP contribution is 2.10. The molecule has 0 radical (unpaired) electrons. The Hall–Kier alpha value is -2.41. The van der Waals surface area contributed by atoms with E-state index in [2.05, 4.69) is 15.5 Å². The first-order valence-corrected chi connectivity index (χ1v) is 6.15. The lowest BCUT2D eigenvalue weighted by Gasteiger charge is -2.11. The van der Waals surface area contributed by atoms with Crippen LogP contribution in [0.4, 0.5) is 0 Å². The molecule has 0 saturated heterocycles. The van der Waals surface area contributed by atoms with Gasteiger partial charge in [-0.1, -0.05) is 17.3 Å². The second-order valence-corrected chi connectivity index (χ2v) is 4.43. The SMILES string of the molecule is Cc1noc(CNC(=O)[C@@H](N)Cc2ccc(O)cc2)n1. The number of aromatic hydroxyl groups is 1. The quantitative estimate of drug-likeness (QED) is 0.722. The number of phenolic OH excluding ortho intramolecular Hbond substituents is 1. The number of benzene rings is 1. The maximum atomic E-state index is 11.8. The van der Waals surface area contributed by atoms with Gasteiger partial charge < -0.3 is 20.7 Å². The van der Waals surface area contributed by atoms with Crippen molar-refractivity contribution in [3.05, 3.63) is 41.5 Å². The van der Waals surface area contributed by atoms with Crippen LogP contribution < -0.4 is 11.1 Å². The molecule has 0 saturated carbocycles. The molecule has 2 aromatic rings. The van der Waals surface area contributed by atoms with E-state index in [0.29, 0.717) is 18.1 Å². The van der Waals surface area contributed by atoms with Gasteiger partial charge in [0.15, 0.2) is 5.82 Å². The Balaban J connectivity index is 1.84. The molecule has 106 valence electrons. The van der Waals surface area contributed by atoms with Crippen LogP contribution in [0.3, 0.4) is 0 Å². The summed E-state index contributed by atoms with van der Waals surface area (Å²) in [6.45, 7) is 1.86. The van der Waals surface area contributed by atoms with Gasteiger partial charge in [0, 0.05) is 0 Å². The number of nitrogens with two attached hydrogens (primary N) is 1. The van der Waals surface area contributed by atoms with Gasteiger partial charge in [0.25, 0.3) is 0 Å². The fraction of sp³-hybridized carbons (Fsp3) is 0.308. The van der Waals surface area contributed by atoms with Crippen molar-refractivity contribution in [2.75, 3.05) is 0 Å². The van der Waals surface area contributed by atoms with Gasteiger partial charge >= 0.3 is 0 Å². The first kappa shape index (κ1) is 14.0. The van der Waals surface area contributed by atoms with E-state index in [-0.39, 0.29) is 18.2 Å². The Labute approximate surface area is 115 Å². The number of aryl methyl sites for hydroxylation is 1. The average molecular weight is 276 g/mol. The Morgan fingerprint density at radius 1 is 1.45 bits per heavy atom. The first-order valence-electron chi connectivity index (χ1n) is 6.15. The number of rotatable bonds is 5. The maximum absolute atomic E-state index is 11.8. The summed E-state index contributed by atoms with van der Waals surface area (Å²) in [4.78, 5) is 15.8. The zero-order valence-electron chi connectivity index (χ0n) is 11.0. The van der Waals surface area contributed by atoms with E-state index in [0.717, 1.165) is 5.56 Å². The Morgan fingerprint density at radius 2 is 2.15 bits per heavy atom. The predicted octanol–water partition coefficient (Wildman–Crippen LogP) is 0.270. The molecular weight excluding hydrogens is 260 g/mol. The molecule has 1 aromatic carbocycles. The third-order valence-corrected chi connectivity index (χ3v) is 2.71. The van der Waals surface area contributed by atoms with Gasteiger partial charge in [-0.2, -0.15) is 4.98 Å². The molecule has 0 bridgehead atoms. The number of nitrogens with one attached hydrogen (secondary N) is 1. The van der Waals surface area contributed by atoms with Crippen molar-refractivity contribution in [2.45, 2.75) is 25.9 Å². The second-order valence-electron chi connectivity index (χ2n) is 4.43. The fourth-order valence-electron chi connectivity index (χ4n) is 1.68. The Bertz CT molecular complexity index is 580. The molecule has 4 N–H and O–H groups in total. The maximum Gasteiger partial charge on any atom is 0.246 e. The van der Waals surface area contributed by atoms with E-state index >= 15 is 0 Å². The van der Waals surface area contributed by atoms with Crippen molar-refractivity contribution in [2.24, 2.45) is 5.73 Å². The van der Waals surface area contributed by atoms with Crippen LogP contribution in [0.1, 0.15) is 17.3 Å². The van der Waals surface area contributed by atoms with Crippen molar-refractivity contribution in [3.63, 3.8) is 0 Å². The third kappa shape index (κ3) is 3.79. The van der Waals surface area contributed by atoms with Crippen molar-refractivity contribution in [1.82, 2.24) is 15.5 Å². The summed E-state index contributed by atoms with van der Waals surface area (Å²) in [5.74, 6) is 0.739. The zero-order chi connectivity index (χ0) is 14.5. The van der Waals surface area contributed by atoms with Gasteiger partial charge in [0.2, 0.25) is 11.8 Å². The number of nitrogens with zero attached hydrogens (tertiary/aromatic N) is 2. The molecule has 0 unspecified atom stereocenters. The predicted molar refractivity (Wildman–Crippen MR) is 70.7 cm³/mol. The van der Waals surface area contributed by atoms with Crippen LogP contribution in [0.15, 0.2) is 28.8 Å². The summed E-state index contributed by atoms with van der Waals surface area (Å²) < 4.78 is 4.88. The lowest BCUT2D eigenvalue weighted by atomic mass is 10.1. The van der Waals surface area contributed by atoms with Crippen LogP contribution in [0, 0.1) is 6.92 Å². The number of carbonyl (C=O) groups excluding carboxylic acids is 1. The first-order chi connectivity index (χ1) is 9.54. The highest BCUT2D eigenvalue weighted by atomic mass is 16.5. The summed E-state index contributed by atoms with van der Waals surface area (Å²) in [6.07, 6.45) is 0.384. The smallest absolute Gasteiger partial charge is 0.246 e. The standard InChI is InChI=1S/C13H16N4O3/c1-8-16-12(20-17-8)7-15-13(19)11(14)6-9-2-4-10(18)5-3-9/h2-5,11,18H,6-7,14H2,1H3,(H,15,19)/t11-/m0/s1. The summed E-state index contributed by atoms with van der Waals surface area (Å²) in [5.41, 5.74) is 6.69. The minimum atomic E-state index is -0.677. The number of hydrogen-bond donors (Lipinski definition) is 3. The van der Waals surface area contributed by atoms with Crippen LogP contribution in [0.2, 0.25) is 0 Å². The molecule has 0 aliphatic rings. The van der Waals surface area contributed by atoms with E-state index in [4.69, 9.17) is 10.3 Å². The van der Waals surface area contributed by atoms with E-state index in [1.54, 1.807) is 31.2 Å². The minimum absolute atomic E-state index is 0.156. The van der Waals surface area contributed by atoms with Crippen molar-refractivity contribution < 1.29 is 14.4 Å². The molecule has 1 atom stereocenters. The van der Waals surface area contributed by atoms with E-state index in [1.165, 1.54) is 0 Å². The summed E-state index contributed by atoms with van der Waals surface area (Å²) >= 11 is 0. The normalized spacial score (nSPS) is 12.1. The van der Waals surface area contributed by atoms with Gasteiger partial charge in [-0.3, -0.25) is 4.79 Å². The lowest BCUT2D eigenvalue weighted by Crippen LogP contribution is -2.41. The largest absolute Gasteiger partial charge is 0.508 e. The minimum Gasteiger partial charge on any atom is -0.508 e. The highest BCUT2D eigenvalue weighted by molar-refractivity contribution is 5.81. The van der Waals surface area contributed by atoms with Crippen LogP contribution in [0.5, 0.6) is 5.75 Å². The van der Waals surface area contributed by atoms with Crippen LogP contribution in [-0.2, 0) is 17.8 Å². The molecule has 0 fully saturated rings. The molecule has 2 rings (SSSR count). The monoisotopic (exact) mass is 276 g/mol.